The van der Waals surface area contributed by atoms with Crippen LogP contribution < -0.4 is 5.32 Å². The van der Waals surface area contributed by atoms with Gasteiger partial charge in [0.15, 0.2) is 0 Å². The Morgan fingerprint density at radius 2 is 1.95 bits per heavy atom. The van der Waals surface area contributed by atoms with E-state index in [1.807, 2.05) is 0 Å². The van der Waals surface area contributed by atoms with E-state index in [4.69, 9.17) is 0 Å². The maximum absolute atomic E-state index is 13.5. The number of nitrogens with one attached hydrogen (secondary N) is 1. The van der Waals surface area contributed by atoms with Crippen LogP contribution in [0.2, 0.25) is 0 Å². The Labute approximate surface area is 130 Å². The Balaban J connectivity index is 1.96. The van der Waals surface area contributed by atoms with Crippen molar-refractivity contribution < 1.29 is 4.39 Å². The molecule has 2 rings (SSSR count). The minimum absolute atomic E-state index is 0.133. The zero-order chi connectivity index (χ0) is 14.4. The maximum atomic E-state index is 13.5. The smallest absolute Gasteiger partial charge is 0.124 e. The van der Waals surface area contributed by atoms with Gasteiger partial charge < -0.3 is 5.32 Å². The summed E-state index contributed by atoms with van der Waals surface area (Å²) in [6.45, 7) is 4.43. The lowest BCUT2D eigenvalue weighted by Crippen LogP contribution is -2.32. The van der Waals surface area contributed by atoms with Gasteiger partial charge in [0.1, 0.15) is 5.82 Å². The number of rotatable bonds is 6. The summed E-state index contributed by atoms with van der Waals surface area (Å²) in [6, 6.07) is 5.29. The monoisotopic (exact) mass is 341 g/mol. The molecule has 1 aromatic carbocycles. The molecule has 0 radical (unpaired) electrons. The van der Waals surface area contributed by atoms with Crippen LogP contribution in [0, 0.1) is 17.7 Å². The van der Waals surface area contributed by atoms with Crippen molar-refractivity contribution in [3.05, 3.63) is 34.1 Å². The Morgan fingerprint density at radius 1 is 1.20 bits per heavy atom. The molecule has 0 heterocycles. The van der Waals surface area contributed by atoms with E-state index in [1.165, 1.54) is 38.2 Å². The van der Waals surface area contributed by atoms with Crippen LogP contribution in [0.5, 0.6) is 0 Å². The second kappa shape index (κ2) is 8.14. The Morgan fingerprint density at radius 3 is 2.65 bits per heavy atom. The van der Waals surface area contributed by atoms with Crippen molar-refractivity contribution in [2.24, 2.45) is 11.8 Å². The van der Waals surface area contributed by atoms with Crippen molar-refractivity contribution in [1.29, 1.82) is 0 Å². The lowest BCUT2D eigenvalue weighted by molar-refractivity contribution is 0.228. The summed E-state index contributed by atoms with van der Waals surface area (Å²) in [5.74, 6) is 1.31. The Bertz CT molecular complexity index is 401. The molecule has 2 atom stereocenters. The zero-order valence-corrected chi connectivity index (χ0v) is 13.9. The largest absolute Gasteiger partial charge is 0.316 e. The van der Waals surface area contributed by atoms with Crippen LogP contribution in [0.25, 0.3) is 0 Å². The number of benzene rings is 1. The van der Waals surface area contributed by atoms with Crippen LogP contribution in [0.3, 0.4) is 0 Å². The lowest BCUT2D eigenvalue weighted by atomic mass is 9.76. The van der Waals surface area contributed by atoms with Gasteiger partial charge >= 0.3 is 0 Å². The highest BCUT2D eigenvalue weighted by Gasteiger charge is 2.25. The SMILES string of the molecule is CCCNCC1CCCCC1Cc1cc(F)cc(Br)c1. The first-order valence-corrected chi connectivity index (χ1v) is 8.64. The Kier molecular flexibility index (Phi) is 6.50. The topological polar surface area (TPSA) is 12.0 Å². The van der Waals surface area contributed by atoms with Crippen molar-refractivity contribution in [2.45, 2.75) is 45.4 Å². The number of hydrogen-bond donors (Lipinski definition) is 1. The maximum Gasteiger partial charge on any atom is 0.124 e. The second-order valence-electron chi connectivity index (χ2n) is 5.99. The Hall–Kier alpha value is -0.410. The molecule has 112 valence electrons. The van der Waals surface area contributed by atoms with Crippen LogP contribution >= 0.6 is 15.9 Å². The lowest BCUT2D eigenvalue weighted by Gasteiger charge is -2.32. The minimum atomic E-state index is -0.133. The number of hydrogen-bond acceptors (Lipinski definition) is 1. The first-order chi connectivity index (χ1) is 9.69. The van der Waals surface area contributed by atoms with Gasteiger partial charge in [0.05, 0.1) is 0 Å². The minimum Gasteiger partial charge on any atom is -0.316 e. The van der Waals surface area contributed by atoms with E-state index >= 15 is 0 Å². The molecule has 0 amide bonds. The van der Waals surface area contributed by atoms with E-state index < -0.39 is 0 Å². The molecule has 1 aromatic rings. The van der Waals surface area contributed by atoms with E-state index in [9.17, 15) is 4.39 Å². The molecule has 0 aliphatic heterocycles. The van der Waals surface area contributed by atoms with E-state index in [2.05, 4.69) is 34.2 Å². The number of halogens is 2. The fourth-order valence-corrected chi connectivity index (χ4v) is 3.83. The highest BCUT2D eigenvalue weighted by Crippen LogP contribution is 2.32. The highest BCUT2D eigenvalue weighted by atomic mass is 79.9. The summed E-state index contributed by atoms with van der Waals surface area (Å²) in [7, 11) is 0. The molecule has 2 unspecified atom stereocenters. The van der Waals surface area contributed by atoms with Gasteiger partial charge in [-0.15, -0.1) is 0 Å². The van der Waals surface area contributed by atoms with Gasteiger partial charge in [-0.25, -0.2) is 4.39 Å². The summed E-state index contributed by atoms with van der Waals surface area (Å²) in [5.41, 5.74) is 1.13. The molecule has 0 bridgehead atoms. The van der Waals surface area contributed by atoms with Gasteiger partial charge in [-0.05, 0) is 74.4 Å². The fourth-order valence-electron chi connectivity index (χ4n) is 3.32. The van der Waals surface area contributed by atoms with Crippen LogP contribution in [-0.2, 0) is 6.42 Å². The standard InChI is InChI=1S/C17H25BrFN/c1-2-7-20-12-15-6-4-3-5-14(15)8-13-9-16(18)11-17(19)10-13/h9-11,14-15,20H,2-8,12H2,1H3. The predicted octanol–water partition coefficient (Wildman–Crippen LogP) is 4.94. The molecule has 20 heavy (non-hydrogen) atoms. The zero-order valence-electron chi connectivity index (χ0n) is 12.3. The predicted molar refractivity (Wildman–Crippen MR) is 86.4 cm³/mol. The molecular formula is C17H25BrFN. The van der Waals surface area contributed by atoms with Gasteiger partial charge in [0.2, 0.25) is 0 Å². The molecule has 1 aliphatic carbocycles. The molecule has 0 aromatic heterocycles. The third-order valence-electron chi connectivity index (χ3n) is 4.32. The second-order valence-corrected chi connectivity index (χ2v) is 6.91. The van der Waals surface area contributed by atoms with Crippen LogP contribution in [0.1, 0.15) is 44.6 Å². The molecular weight excluding hydrogens is 317 g/mol. The average molecular weight is 342 g/mol. The summed E-state index contributed by atoms with van der Waals surface area (Å²) in [4.78, 5) is 0. The highest BCUT2D eigenvalue weighted by molar-refractivity contribution is 9.10. The van der Waals surface area contributed by atoms with Crippen molar-refractivity contribution in [2.75, 3.05) is 13.1 Å². The van der Waals surface area contributed by atoms with Gasteiger partial charge in [0.25, 0.3) is 0 Å². The molecule has 1 fully saturated rings. The van der Waals surface area contributed by atoms with Gasteiger partial charge in [0, 0.05) is 4.47 Å². The van der Waals surface area contributed by atoms with Crippen molar-refractivity contribution in [3.8, 4) is 0 Å². The molecule has 0 spiro atoms. The molecule has 1 aliphatic rings. The third kappa shape index (κ3) is 4.85. The molecule has 0 saturated heterocycles. The summed E-state index contributed by atoms with van der Waals surface area (Å²) in [6.07, 6.45) is 7.47. The van der Waals surface area contributed by atoms with Gasteiger partial charge in [-0.3, -0.25) is 0 Å². The molecule has 1 saturated carbocycles. The quantitative estimate of drug-likeness (QED) is 0.723. The first kappa shape index (κ1) is 16.0. The van der Waals surface area contributed by atoms with Gasteiger partial charge in [-0.2, -0.15) is 0 Å². The molecule has 1 N–H and O–H groups in total. The van der Waals surface area contributed by atoms with Crippen LogP contribution in [0.4, 0.5) is 4.39 Å². The van der Waals surface area contributed by atoms with E-state index in [0.717, 1.165) is 35.5 Å². The summed E-state index contributed by atoms with van der Waals surface area (Å²) in [5, 5.41) is 3.56. The van der Waals surface area contributed by atoms with E-state index in [0.29, 0.717) is 5.92 Å². The normalized spacial score (nSPS) is 22.9. The molecule has 3 heteroatoms. The van der Waals surface area contributed by atoms with Crippen LogP contribution in [0.15, 0.2) is 22.7 Å². The summed E-state index contributed by atoms with van der Waals surface area (Å²) >= 11 is 3.39. The average Bonchev–Trinajstić information content (AvgIpc) is 2.40. The van der Waals surface area contributed by atoms with E-state index in [1.54, 1.807) is 6.07 Å². The van der Waals surface area contributed by atoms with E-state index in [-0.39, 0.29) is 5.82 Å². The fraction of sp³-hybridized carbons (Fsp3) is 0.647. The van der Waals surface area contributed by atoms with Crippen molar-refractivity contribution in [1.82, 2.24) is 5.32 Å². The van der Waals surface area contributed by atoms with Crippen LogP contribution in [-0.4, -0.2) is 13.1 Å². The first-order valence-electron chi connectivity index (χ1n) is 7.84. The van der Waals surface area contributed by atoms with Crippen molar-refractivity contribution >= 4 is 15.9 Å². The third-order valence-corrected chi connectivity index (χ3v) is 4.78. The molecule has 1 nitrogen and oxygen atoms in total. The van der Waals surface area contributed by atoms with Gasteiger partial charge in [-0.1, -0.05) is 35.7 Å². The summed E-state index contributed by atoms with van der Waals surface area (Å²) < 4.78 is 14.3. The van der Waals surface area contributed by atoms with Crippen molar-refractivity contribution in [3.63, 3.8) is 0 Å².